The normalized spacial score (nSPS) is 17.0. The minimum atomic E-state index is -1.15. The highest BCUT2D eigenvalue weighted by molar-refractivity contribution is 7.98. The number of hydrogen-bond donors (Lipinski definition) is 1. The van der Waals surface area contributed by atoms with Gasteiger partial charge in [-0.15, -0.1) is 11.8 Å². The third kappa shape index (κ3) is 2.97. The zero-order valence-electron chi connectivity index (χ0n) is 12.8. The molecular weight excluding hydrogens is 305 g/mol. The van der Waals surface area contributed by atoms with Crippen LogP contribution in [0.1, 0.15) is 42.5 Å². The topological polar surface area (TPSA) is 57.6 Å². The summed E-state index contributed by atoms with van der Waals surface area (Å²) in [6.07, 6.45) is 5.23. The molecule has 0 spiro atoms. The zero-order chi connectivity index (χ0) is 16.3. The second kappa shape index (κ2) is 6.69. The Kier molecular flexibility index (Phi) is 5.11. The lowest BCUT2D eigenvalue weighted by atomic mass is 9.80. The van der Waals surface area contributed by atoms with Crippen LogP contribution < -0.4 is 0 Å². The first kappa shape index (κ1) is 16.8. The maximum Gasteiger partial charge on any atom is 0.329 e. The molecule has 2 rings (SSSR count). The number of hydrogen-bond acceptors (Lipinski definition) is 3. The van der Waals surface area contributed by atoms with Crippen molar-refractivity contribution in [2.75, 3.05) is 13.3 Å². The molecule has 1 fully saturated rings. The molecule has 0 radical (unpaired) electrons. The van der Waals surface area contributed by atoms with Crippen LogP contribution in [-0.4, -0.2) is 40.7 Å². The van der Waals surface area contributed by atoms with Crippen molar-refractivity contribution in [3.63, 3.8) is 0 Å². The lowest BCUT2D eigenvalue weighted by Crippen LogP contribution is -2.56. The SMILES string of the molecule is CSc1cc(C(=O)N(C)C2(C(=O)O)CCCCC2)ccc1F. The number of aliphatic carboxylic acids is 1. The van der Waals surface area contributed by atoms with Crippen LogP contribution in [0.15, 0.2) is 23.1 Å². The molecule has 0 aliphatic heterocycles. The van der Waals surface area contributed by atoms with E-state index in [2.05, 4.69) is 0 Å². The Bertz CT molecular complexity index is 585. The zero-order valence-corrected chi connectivity index (χ0v) is 13.6. The van der Waals surface area contributed by atoms with Crippen LogP contribution in [0.5, 0.6) is 0 Å². The average Bonchev–Trinajstić information content (AvgIpc) is 2.54. The molecule has 0 unspecified atom stereocenters. The Morgan fingerprint density at radius 3 is 2.45 bits per heavy atom. The van der Waals surface area contributed by atoms with Crippen LogP contribution in [0.2, 0.25) is 0 Å². The molecule has 0 heterocycles. The van der Waals surface area contributed by atoms with Gasteiger partial charge in [-0.05, 0) is 37.3 Å². The van der Waals surface area contributed by atoms with Crippen molar-refractivity contribution in [1.82, 2.24) is 4.90 Å². The van der Waals surface area contributed by atoms with Crippen molar-refractivity contribution in [1.29, 1.82) is 0 Å². The van der Waals surface area contributed by atoms with E-state index in [9.17, 15) is 19.1 Å². The summed E-state index contributed by atoms with van der Waals surface area (Å²) in [6.45, 7) is 0. The van der Waals surface area contributed by atoms with Gasteiger partial charge in [0, 0.05) is 17.5 Å². The maximum atomic E-state index is 13.6. The molecule has 6 heteroatoms. The molecule has 0 bridgehead atoms. The van der Waals surface area contributed by atoms with Crippen molar-refractivity contribution in [3.05, 3.63) is 29.6 Å². The maximum absolute atomic E-state index is 13.6. The second-order valence-corrected chi connectivity index (χ2v) is 6.46. The lowest BCUT2D eigenvalue weighted by Gasteiger charge is -2.41. The molecule has 0 saturated heterocycles. The first-order chi connectivity index (χ1) is 10.4. The first-order valence-electron chi connectivity index (χ1n) is 7.27. The number of nitrogens with zero attached hydrogens (tertiary/aromatic N) is 1. The Balaban J connectivity index is 2.32. The van der Waals surface area contributed by atoms with E-state index in [1.807, 2.05) is 0 Å². The number of likely N-dealkylation sites (N-methyl/N-ethyl adjacent to an activating group) is 1. The summed E-state index contributed by atoms with van der Waals surface area (Å²) in [4.78, 5) is 26.1. The minimum Gasteiger partial charge on any atom is -0.479 e. The Morgan fingerprint density at radius 1 is 1.27 bits per heavy atom. The van der Waals surface area contributed by atoms with Gasteiger partial charge in [0.25, 0.3) is 5.91 Å². The summed E-state index contributed by atoms with van der Waals surface area (Å²) < 4.78 is 13.6. The monoisotopic (exact) mass is 325 g/mol. The number of benzene rings is 1. The van der Waals surface area contributed by atoms with Gasteiger partial charge in [0.2, 0.25) is 0 Å². The lowest BCUT2D eigenvalue weighted by molar-refractivity contribution is -0.151. The van der Waals surface area contributed by atoms with Crippen LogP contribution in [0, 0.1) is 5.82 Å². The van der Waals surface area contributed by atoms with E-state index in [1.54, 1.807) is 6.26 Å². The van der Waals surface area contributed by atoms with Gasteiger partial charge in [-0.3, -0.25) is 4.79 Å². The fourth-order valence-corrected chi connectivity index (χ4v) is 3.52. The summed E-state index contributed by atoms with van der Waals surface area (Å²) in [7, 11) is 1.53. The largest absolute Gasteiger partial charge is 0.479 e. The van der Waals surface area contributed by atoms with Crippen LogP contribution in [-0.2, 0) is 4.79 Å². The van der Waals surface area contributed by atoms with Crippen molar-refractivity contribution in [2.24, 2.45) is 0 Å². The standard InChI is InChI=1S/C16H20FNO3S/c1-18(16(15(20)21)8-4-3-5-9-16)14(19)11-6-7-12(17)13(10-11)22-2/h6-7,10H,3-5,8-9H2,1-2H3,(H,20,21). The number of rotatable bonds is 4. The van der Waals surface area contributed by atoms with Crippen molar-refractivity contribution < 1.29 is 19.1 Å². The molecule has 1 aromatic carbocycles. The third-order valence-electron chi connectivity index (χ3n) is 4.42. The van der Waals surface area contributed by atoms with E-state index in [1.165, 1.54) is 41.9 Å². The highest BCUT2D eigenvalue weighted by Crippen LogP contribution is 2.34. The van der Waals surface area contributed by atoms with Crippen molar-refractivity contribution in [2.45, 2.75) is 42.5 Å². The molecular formula is C16H20FNO3S. The third-order valence-corrected chi connectivity index (χ3v) is 5.18. The number of carboxylic acid groups (broad SMARTS) is 1. The van der Waals surface area contributed by atoms with Crippen LogP contribution in [0.4, 0.5) is 4.39 Å². The van der Waals surface area contributed by atoms with Gasteiger partial charge in [-0.2, -0.15) is 0 Å². The molecule has 120 valence electrons. The van der Waals surface area contributed by atoms with Gasteiger partial charge >= 0.3 is 5.97 Å². The quantitative estimate of drug-likeness (QED) is 0.862. The summed E-state index contributed by atoms with van der Waals surface area (Å²) in [5, 5.41) is 9.64. The van der Waals surface area contributed by atoms with E-state index in [-0.39, 0.29) is 11.7 Å². The Hall–Kier alpha value is -1.56. The van der Waals surface area contributed by atoms with Gasteiger partial charge in [-0.25, -0.2) is 9.18 Å². The van der Waals surface area contributed by atoms with E-state index in [0.29, 0.717) is 23.3 Å². The van der Waals surface area contributed by atoms with E-state index < -0.39 is 11.5 Å². The molecule has 1 aromatic rings. The molecule has 1 aliphatic rings. The number of thioether (sulfide) groups is 1. The predicted octanol–water partition coefficient (Wildman–Crippen LogP) is 3.41. The second-order valence-electron chi connectivity index (χ2n) is 5.61. The number of carbonyl (C=O) groups excluding carboxylic acids is 1. The highest BCUT2D eigenvalue weighted by Gasteiger charge is 2.45. The van der Waals surface area contributed by atoms with Crippen molar-refractivity contribution in [3.8, 4) is 0 Å². The molecule has 1 N–H and O–H groups in total. The van der Waals surface area contributed by atoms with Gasteiger partial charge in [0.15, 0.2) is 0 Å². The Morgan fingerprint density at radius 2 is 1.91 bits per heavy atom. The van der Waals surface area contributed by atoms with E-state index >= 15 is 0 Å². The molecule has 4 nitrogen and oxygen atoms in total. The highest BCUT2D eigenvalue weighted by atomic mass is 32.2. The number of carbonyl (C=O) groups is 2. The smallest absolute Gasteiger partial charge is 0.329 e. The molecule has 1 amide bonds. The van der Waals surface area contributed by atoms with Gasteiger partial charge < -0.3 is 10.0 Å². The summed E-state index contributed by atoms with van der Waals surface area (Å²) >= 11 is 1.22. The van der Waals surface area contributed by atoms with E-state index in [4.69, 9.17) is 0 Å². The fraction of sp³-hybridized carbons (Fsp3) is 0.500. The fourth-order valence-electron chi connectivity index (χ4n) is 3.01. The van der Waals surface area contributed by atoms with Crippen molar-refractivity contribution >= 4 is 23.6 Å². The van der Waals surface area contributed by atoms with Gasteiger partial charge in [0.05, 0.1) is 0 Å². The number of carboxylic acids is 1. The van der Waals surface area contributed by atoms with Crippen LogP contribution in [0.25, 0.3) is 0 Å². The van der Waals surface area contributed by atoms with E-state index in [0.717, 1.165) is 19.3 Å². The summed E-state index contributed by atoms with van der Waals surface area (Å²) in [6, 6.07) is 4.14. The number of halogens is 1. The molecule has 0 aromatic heterocycles. The summed E-state index contributed by atoms with van der Waals surface area (Å²) in [5.74, 6) is -1.72. The number of amides is 1. The van der Waals surface area contributed by atoms with Gasteiger partial charge in [0.1, 0.15) is 11.4 Å². The molecule has 22 heavy (non-hydrogen) atoms. The minimum absolute atomic E-state index is 0.319. The summed E-state index contributed by atoms with van der Waals surface area (Å²) in [5.41, 5.74) is -0.831. The molecule has 1 aliphatic carbocycles. The Labute approximate surface area is 133 Å². The average molecular weight is 325 g/mol. The molecule has 0 atom stereocenters. The van der Waals surface area contributed by atoms with Crippen LogP contribution in [0.3, 0.4) is 0 Å². The van der Waals surface area contributed by atoms with Gasteiger partial charge in [-0.1, -0.05) is 19.3 Å². The van der Waals surface area contributed by atoms with Crippen LogP contribution >= 0.6 is 11.8 Å². The molecule has 1 saturated carbocycles. The first-order valence-corrected chi connectivity index (χ1v) is 8.50. The predicted molar refractivity (Wildman–Crippen MR) is 83.7 cm³/mol.